The fourth-order valence-corrected chi connectivity index (χ4v) is 4.60. The standard InChI is InChI=1S/C24H17ClN4O4S/c25-14-8-9-19(30)18(13-14)28-23(22(27-24(28)34)16-6-3-4-12-26-16)21-11-10-20(33-21)15-5-1-2-7-17(15)29(31)32/h1-13,22-23,30H,(H,27,34). The molecule has 0 aliphatic carbocycles. The average molecular weight is 493 g/mol. The van der Waals surface area contributed by atoms with Gasteiger partial charge in [-0.2, -0.15) is 0 Å². The molecule has 0 bridgehead atoms. The quantitative estimate of drug-likeness (QED) is 0.205. The SMILES string of the molecule is O=[N+]([O-])c1ccccc1-c1ccc(C2C(c3ccccn3)NC(=S)N2c2cc(Cl)ccc2O)o1. The number of hydrogen-bond donors (Lipinski definition) is 2. The summed E-state index contributed by atoms with van der Waals surface area (Å²) in [6, 6.07) is 19.1. The second-order valence-electron chi connectivity index (χ2n) is 7.61. The number of anilines is 1. The zero-order valence-electron chi connectivity index (χ0n) is 17.5. The van der Waals surface area contributed by atoms with Crippen LogP contribution in [-0.4, -0.2) is 20.1 Å². The van der Waals surface area contributed by atoms with E-state index < -0.39 is 17.0 Å². The highest BCUT2D eigenvalue weighted by Crippen LogP contribution is 2.46. The van der Waals surface area contributed by atoms with Gasteiger partial charge < -0.3 is 19.7 Å². The number of nitro groups is 1. The molecule has 2 unspecified atom stereocenters. The lowest BCUT2D eigenvalue weighted by atomic mass is 10.0. The first-order valence-electron chi connectivity index (χ1n) is 10.3. The number of pyridine rings is 1. The lowest BCUT2D eigenvalue weighted by Gasteiger charge is -2.26. The van der Waals surface area contributed by atoms with E-state index in [0.29, 0.717) is 38.6 Å². The maximum atomic E-state index is 11.5. The predicted molar refractivity (Wildman–Crippen MR) is 132 cm³/mol. The number of benzene rings is 2. The molecule has 10 heteroatoms. The number of phenolic OH excluding ortho intramolecular Hbond substituents is 1. The van der Waals surface area contributed by atoms with Gasteiger partial charge in [-0.3, -0.25) is 15.1 Å². The smallest absolute Gasteiger partial charge is 0.280 e. The highest BCUT2D eigenvalue weighted by Gasteiger charge is 2.43. The summed E-state index contributed by atoms with van der Waals surface area (Å²) in [5.74, 6) is 0.816. The van der Waals surface area contributed by atoms with Crippen molar-refractivity contribution in [2.45, 2.75) is 12.1 Å². The molecule has 2 aromatic carbocycles. The molecule has 0 radical (unpaired) electrons. The molecule has 0 saturated carbocycles. The molecule has 170 valence electrons. The molecule has 34 heavy (non-hydrogen) atoms. The number of nitrogens with one attached hydrogen (secondary N) is 1. The van der Waals surface area contributed by atoms with Gasteiger partial charge in [0.15, 0.2) is 5.11 Å². The molecule has 2 aromatic heterocycles. The minimum atomic E-state index is -0.553. The van der Waals surface area contributed by atoms with Gasteiger partial charge in [0.05, 0.1) is 27.9 Å². The molecule has 0 spiro atoms. The average Bonchev–Trinajstić information content (AvgIpc) is 3.46. The van der Waals surface area contributed by atoms with Crippen LogP contribution in [0.2, 0.25) is 5.02 Å². The number of nitrogens with zero attached hydrogens (tertiary/aromatic N) is 3. The summed E-state index contributed by atoms with van der Waals surface area (Å²) in [7, 11) is 0. The van der Waals surface area contributed by atoms with Crippen LogP contribution in [0.4, 0.5) is 11.4 Å². The highest BCUT2D eigenvalue weighted by atomic mass is 35.5. The molecule has 1 saturated heterocycles. The Morgan fingerprint density at radius 1 is 1.12 bits per heavy atom. The fourth-order valence-electron chi connectivity index (χ4n) is 4.09. The Morgan fingerprint density at radius 3 is 2.68 bits per heavy atom. The minimum absolute atomic E-state index is 0.00861. The summed E-state index contributed by atoms with van der Waals surface area (Å²) in [6.45, 7) is 0. The van der Waals surface area contributed by atoms with Crippen LogP contribution in [0.3, 0.4) is 0 Å². The number of para-hydroxylation sites is 1. The Morgan fingerprint density at radius 2 is 1.91 bits per heavy atom. The van der Waals surface area contributed by atoms with E-state index in [1.165, 1.54) is 12.1 Å². The molecule has 1 aliphatic rings. The maximum absolute atomic E-state index is 11.5. The first kappa shape index (κ1) is 21.9. The Bertz CT molecular complexity index is 1390. The van der Waals surface area contributed by atoms with Crippen molar-refractivity contribution in [3.8, 4) is 17.1 Å². The van der Waals surface area contributed by atoms with Gasteiger partial charge in [0.1, 0.15) is 23.3 Å². The summed E-state index contributed by atoms with van der Waals surface area (Å²) >= 11 is 11.9. The summed E-state index contributed by atoms with van der Waals surface area (Å²) in [5, 5.41) is 26.2. The lowest BCUT2D eigenvalue weighted by Crippen LogP contribution is -2.29. The number of thiocarbonyl (C=S) groups is 1. The van der Waals surface area contributed by atoms with E-state index in [-0.39, 0.29) is 11.4 Å². The molecule has 1 aliphatic heterocycles. The molecular weight excluding hydrogens is 476 g/mol. The Labute approximate surface area is 204 Å². The predicted octanol–water partition coefficient (Wildman–Crippen LogP) is 5.79. The van der Waals surface area contributed by atoms with E-state index in [2.05, 4.69) is 10.3 Å². The van der Waals surface area contributed by atoms with E-state index in [4.69, 9.17) is 28.2 Å². The molecule has 0 amide bonds. The third-order valence-corrected chi connectivity index (χ3v) is 6.13. The number of aromatic hydroxyl groups is 1. The normalized spacial score (nSPS) is 17.6. The molecule has 4 aromatic rings. The number of furan rings is 1. The molecule has 1 fully saturated rings. The maximum Gasteiger partial charge on any atom is 0.280 e. The van der Waals surface area contributed by atoms with Crippen LogP contribution < -0.4 is 10.2 Å². The topological polar surface area (TPSA) is 105 Å². The summed E-state index contributed by atoms with van der Waals surface area (Å²) in [6.07, 6.45) is 1.68. The third-order valence-electron chi connectivity index (χ3n) is 5.58. The summed E-state index contributed by atoms with van der Waals surface area (Å²) in [5.41, 5.74) is 1.41. The van der Waals surface area contributed by atoms with Crippen molar-refractivity contribution in [3.05, 3.63) is 106 Å². The van der Waals surface area contributed by atoms with Crippen molar-refractivity contribution in [2.24, 2.45) is 0 Å². The molecular formula is C24H17ClN4O4S. The molecule has 8 nitrogen and oxygen atoms in total. The van der Waals surface area contributed by atoms with Gasteiger partial charge in [-0.25, -0.2) is 0 Å². The van der Waals surface area contributed by atoms with Crippen LogP contribution in [0, 0.1) is 10.1 Å². The van der Waals surface area contributed by atoms with Gasteiger partial charge in [0.2, 0.25) is 0 Å². The number of nitro benzene ring substituents is 1. The zero-order valence-corrected chi connectivity index (χ0v) is 19.0. The van der Waals surface area contributed by atoms with Gasteiger partial charge >= 0.3 is 0 Å². The lowest BCUT2D eigenvalue weighted by molar-refractivity contribution is -0.384. The van der Waals surface area contributed by atoms with Crippen LogP contribution in [-0.2, 0) is 0 Å². The molecule has 3 heterocycles. The van der Waals surface area contributed by atoms with Crippen molar-refractivity contribution in [1.29, 1.82) is 0 Å². The number of phenols is 1. The van der Waals surface area contributed by atoms with Gasteiger partial charge in [-0.1, -0.05) is 29.8 Å². The van der Waals surface area contributed by atoms with Crippen molar-refractivity contribution >= 4 is 40.3 Å². The fraction of sp³-hybridized carbons (Fsp3) is 0.0833. The zero-order chi connectivity index (χ0) is 23.8. The van der Waals surface area contributed by atoms with Crippen LogP contribution in [0.15, 0.2) is 83.4 Å². The van der Waals surface area contributed by atoms with Gasteiger partial charge in [-0.05, 0) is 60.7 Å². The van der Waals surface area contributed by atoms with Gasteiger partial charge in [-0.15, -0.1) is 0 Å². The van der Waals surface area contributed by atoms with E-state index >= 15 is 0 Å². The van der Waals surface area contributed by atoms with E-state index in [0.717, 1.165) is 0 Å². The molecule has 5 rings (SSSR count). The van der Waals surface area contributed by atoms with Gasteiger partial charge in [0, 0.05) is 17.3 Å². The van der Waals surface area contributed by atoms with Crippen molar-refractivity contribution in [2.75, 3.05) is 4.90 Å². The van der Waals surface area contributed by atoms with Crippen LogP contribution in [0.1, 0.15) is 23.5 Å². The van der Waals surface area contributed by atoms with Crippen LogP contribution in [0.25, 0.3) is 11.3 Å². The second-order valence-corrected chi connectivity index (χ2v) is 8.43. The Balaban J connectivity index is 1.65. The first-order chi connectivity index (χ1) is 16.4. The third kappa shape index (κ3) is 3.85. The van der Waals surface area contributed by atoms with E-state index in [9.17, 15) is 15.2 Å². The Kier molecular flexibility index (Phi) is 5.64. The van der Waals surface area contributed by atoms with Crippen LogP contribution >= 0.6 is 23.8 Å². The number of halogens is 1. The summed E-state index contributed by atoms with van der Waals surface area (Å²) < 4.78 is 6.18. The monoisotopic (exact) mass is 492 g/mol. The van der Waals surface area contributed by atoms with Gasteiger partial charge in [0.25, 0.3) is 5.69 Å². The Hall–Kier alpha value is -3.95. The highest BCUT2D eigenvalue weighted by molar-refractivity contribution is 7.80. The van der Waals surface area contributed by atoms with E-state index in [1.54, 1.807) is 53.6 Å². The van der Waals surface area contributed by atoms with Crippen LogP contribution in [0.5, 0.6) is 5.75 Å². The van der Waals surface area contributed by atoms with E-state index in [1.807, 2.05) is 18.2 Å². The van der Waals surface area contributed by atoms with Crippen molar-refractivity contribution < 1.29 is 14.4 Å². The largest absolute Gasteiger partial charge is 0.506 e. The number of rotatable bonds is 5. The number of aromatic nitrogens is 1. The molecule has 2 N–H and O–H groups in total. The van der Waals surface area contributed by atoms with Crippen molar-refractivity contribution in [3.63, 3.8) is 0 Å². The van der Waals surface area contributed by atoms with Crippen molar-refractivity contribution in [1.82, 2.24) is 10.3 Å². The second kappa shape index (κ2) is 8.77. The minimum Gasteiger partial charge on any atom is -0.506 e. The molecule has 2 atom stereocenters. The number of hydrogen-bond acceptors (Lipinski definition) is 6. The summed E-state index contributed by atoms with van der Waals surface area (Å²) in [4.78, 5) is 17.3. The first-order valence-corrected chi connectivity index (χ1v) is 11.1.